The maximum atomic E-state index is 14.9. The summed E-state index contributed by atoms with van der Waals surface area (Å²) in [6, 6.07) is 10.1. The summed E-state index contributed by atoms with van der Waals surface area (Å²) in [7, 11) is 0. The molecule has 1 fully saturated rings. The second-order valence-electron chi connectivity index (χ2n) is 8.66. The fourth-order valence-corrected chi connectivity index (χ4v) is 4.27. The first-order chi connectivity index (χ1) is 15.4. The predicted molar refractivity (Wildman–Crippen MR) is 118 cm³/mol. The van der Waals surface area contributed by atoms with Gasteiger partial charge in [-0.3, -0.25) is 0 Å². The topological polar surface area (TPSA) is 18.5 Å². The van der Waals surface area contributed by atoms with Crippen molar-refractivity contribution in [3.05, 3.63) is 59.2 Å². The average molecular weight is 453 g/mol. The average Bonchev–Trinajstić information content (AvgIpc) is 2.77. The molecule has 2 unspecified atom stereocenters. The second kappa shape index (κ2) is 11.1. The highest BCUT2D eigenvalue weighted by molar-refractivity contribution is 5.35. The van der Waals surface area contributed by atoms with Crippen LogP contribution in [0.15, 0.2) is 36.4 Å². The summed E-state index contributed by atoms with van der Waals surface area (Å²) < 4.78 is 69.0. The number of hydrogen-bond acceptors (Lipinski definition) is 2. The van der Waals surface area contributed by atoms with Crippen LogP contribution in [-0.4, -0.2) is 19.1 Å². The van der Waals surface area contributed by atoms with Crippen LogP contribution < -0.4 is 9.47 Å². The maximum Gasteiger partial charge on any atom is 0.255 e. The zero-order valence-electron chi connectivity index (χ0n) is 18.8. The molecule has 1 aliphatic carbocycles. The van der Waals surface area contributed by atoms with Crippen LogP contribution in [0.5, 0.6) is 11.5 Å². The number of hydrogen-bond donors (Lipinski definition) is 0. The fourth-order valence-electron chi connectivity index (χ4n) is 4.27. The van der Waals surface area contributed by atoms with Crippen LogP contribution in [0.4, 0.5) is 17.6 Å². The lowest BCUT2D eigenvalue weighted by atomic mass is 9.76. The molecule has 0 spiro atoms. The van der Waals surface area contributed by atoms with E-state index in [1.165, 1.54) is 12.1 Å². The zero-order valence-corrected chi connectivity index (χ0v) is 18.8. The van der Waals surface area contributed by atoms with Gasteiger partial charge in [0.1, 0.15) is 0 Å². The van der Waals surface area contributed by atoms with Gasteiger partial charge in [-0.2, -0.15) is 8.78 Å². The number of benzene rings is 2. The van der Waals surface area contributed by atoms with Crippen LogP contribution in [0.2, 0.25) is 0 Å². The summed E-state index contributed by atoms with van der Waals surface area (Å²) in [5, 5.41) is 0. The highest BCUT2D eigenvalue weighted by Gasteiger charge is 2.46. The van der Waals surface area contributed by atoms with E-state index in [9.17, 15) is 17.6 Å². The minimum atomic E-state index is -2.88. The van der Waals surface area contributed by atoms with E-state index < -0.39 is 29.4 Å². The molecule has 2 atom stereocenters. The Balaban J connectivity index is 1.58. The number of halogens is 4. The van der Waals surface area contributed by atoms with E-state index in [0.29, 0.717) is 25.0 Å². The summed E-state index contributed by atoms with van der Waals surface area (Å²) in [4.78, 5) is 0. The van der Waals surface area contributed by atoms with E-state index in [1.54, 1.807) is 0 Å². The molecule has 0 amide bonds. The van der Waals surface area contributed by atoms with Gasteiger partial charge in [0.15, 0.2) is 11.5 Å². The third kappa shape index (κ3) is 5.96. The lowest BCUT2D eigenvalue weighted by Gasteiger charge is -2.36. The second-order valence-corrected chi connectivity index (χ2v) is 8.66. The van der Waals surface area contributed by atoms with E-state index in [-0.39, 0.29) is 24.5 Å². The van der Waals surface area contributed by atoms with E-state index in [0.717, 1.165) is 31.2 Å². The van der Waals surface area contributed by atoms with Crippen LogP contribution in [0.25, 0.3) is 0 Å². The highest BCUT2D eigenvalue weighted by atomic mass is 19.3. The van der Waals surface area contributed by atoms with Gasteiger partial charge in [0.2, 0.25) is 11.6 Å². The van der Waals surface area contributed by atoms with Gasteiger partial charge in [-0.15, -0.1) is 0 Å². The first-order valence-corrected chi connectivity index (χ1v) is 11.6. The molecule has 3 rings (SSSR count). The molecule has 0 aromatic heterocycles. The number of rotatable bonds is 10. The standard InChI is InChI=1S/C26H32F4O2/c1-3-5-15-31-22-13-14-23(25(28)24(22)27)32-17-19-9-12-21(26(29,30)16-19)20-10-7-18(6-4-2)8-11-20/h7-8,10-11,13-14,19,21H,3-6,9,12,15-17H2,1-2H3. The monoisotopic (exact) mass is 452 g/mol. The van der Waals surface area contributed by atoms with Gasteiger partial charge in [0.05, 0.1) is 13.2 Å². The lowest BCUT2D eigenvalue weighted by molar-refractivity contribution is -0.0780. The Bertz CT molecular complexity index is 867. The largest absolute Gasteiger partial charge is 0.490 e. The zero-order chi connectivity index (χ0) is 23.1. The molecule has 0 aliphatic heterocycles. The number of unbranched alkanes of at least 4 members (excludes halogenated alkanes) is 1. The minimum absolute atomic E-state index is 0.0792. The van der Waals surface area contributed by atoms with E-state index in [1.807, 2.05) is 31.2 Å². The Labute approximate surface area is 187 Å². The number of alkyl halides is 2. The molecule has 0 N–H and O–H groups in total. The van der Waals surface area contributed by atoms with Crippen LogP contribution in [0.1, 0.15) is 69.4 Å². The van der Waals surface area contributed by atoms with Gasteiger partial charge in [-0.05, 0) is 54.9 Å². The normalized spacial score (nSPS) is 20.2. The van der Waals surface area contributed by atoms with E-state index in [2.05, 4.69) is 6.92 Å². The Morgan fingerprint density at radius 3 is 2.12 bits per heavy atom. The summed E-state index contributed by atoms with van der Waals surface area (Å²) in [6.07, 6.45) is 4.09. The van der Waals surface area contributed by atoms with E-state index in [4.69, 9.17) is 9.47 Å². The van der Waals surface area contributed by atoms with Crippen molar-refractivity contribution in [3.63, 3.8) is 0 Å². The minimum Gasteiger partial charge on any atom is -0.490 e. The molecular formula is C26H32F4O2. The summed E-state index contributed by atoms with van der Waals surface area (Å²) in [5.41, 5.74) is 1.80. The number of ether oxygens (including phenoxy) is 2. The Hall–Kier alpha value is -2.24. The quantitative estimate of drug-likeness (QED) is 0.272. The molecule has 2 nitrogen and oxygen atoms in total. The molecule has 0 saturated heterocycles. The molecule has 2 aromatic rings. The van der Waals surface area contributed by atoms with Crippen molar-refractivity contribution < 1.29 is 27.0 Å². The van der Waals surface area contributed by atoms with Gasteiger partial charge in [0, 0.05) is 12.3 Å². The number of aryl methyl sites for hydroxylation is 1. The Kier molecular flexibility index (Phi) is 8.44. The molecule has 32 heavy (non-hydrogen) atoms. The third-order valence-electron chi connectivity index (χ3n) is 6.10. The highest BCUT2D eigenvalue weighted by Crippen LogP contribution is 2.47. The van der Waals surface area contributed by atoms with Crippen molar-refractivity contribution >= 4 is 0 Å². The van der Waals surface area contributed by atoms with Crippen LogP contribution >= 0.6 is 0 Å². The van der Waals surface area contributed by atoms with Crippen LogP contribution in [0.3, 0.4) is 0 Å². The molecular weight excluding hydrogens is 420 g/mol. The molecule has 0 bridgehead atoms. The Morgan fingerprint density at radius 2 is 1.53 bits per heavy atom. The molecule has 0 heterocycles. The van der Waals surface area contributed by atoms with Crippen LogP contribution in [0, 0.1) is 17.6 Å². The Morgan fingerprint density at radius 1 is 0.875 bits per heavy atom. The van der Waals surface area contributed by atoms with Crippen molar-refractivity contribution in [3.8, 4) is 11.5 Å². The summed E-state index contributed by atoms with van der Waals surface area (Å²) in [6.45, 7) is 4.27. The molecule has 0 radical (unpaired) electrons. The molecule has 1 saturated carbocycles. The molecule has 6 heteroatoms. The molecule has 176 valence electrons. The van der Waals surface area contributed by atoms with Crippen molar-refractivity contribution in [1.82, 2.24) is 0 Å². The first-order valence-electron chi connectivity index (χ1n) is 11.6. The summed E-state index contributed by atoms with van der Waals surface area (Å²) >= 11 is 0. The predicted octanol–water partition coefficient (Wildman–Crippen LogP) is 7.69. The van der Waals surface area contributed by atoms with Crippen LogP contribution in [-0.2, 0) is 6.42 Å². The van der Waals surface area contributed by atoms with Crippen molar-refractivity contribution in [1.29, 1.82) is 0 Å². The summed E-state index contributed by atoms with van der Waals surface area (Å²) in [5.74, 6) is -6.83. The van der Waals surface area contributed by atoms with Gasteiger partial charge in [-0.25, -0.2) is 8.78 Å². The smallest absolute Gasteiger partial charge is 0.255 e. The van der Waals surface area contributed by atoms with Gasteiger partial charge >= 0.3 is 0 Å². The van der Waals surface area contributed by atoms with Crippen molar-refractivity contribution in [2.75, 3.05) is 13.2 Å². The van der Waals surface area contributed by atoms with Crippen molar-refractivity contribution in [2.24, 2.45) is 5.92 Å². The molecule has 2 aromatic carbocycles. The van der Waals surface area contributed by atoms with Crippen molar-refractivity contribution in [2.45, 2.75) is 70.6 Å². The van der Waals surface area contributed by atoms with E-state index >= 15 is 0 Å². The van der Waals surface area contributed by atoms with Gasteiger partial charge < -0.3 is 9.47 Å². The third-order valence-corrected chi connectivity index (χ3v) is 6.10. The fraction of sp³-hybridized carbons (Fsp3) is 0.538. The van der Waals surface area contributed by atoms with Gasteiger partial charge in [0.25, 0.3) is 5.92 Å². The lowest BCUT2D eigenvalue weighted by Crippen LogP contribution is -2.36. The first kappa shape index (κ1) is 24.4. The van der Waals surface area contributed by atoms with Gasteiger partial charge in [-0.1, -0.05) is 51.0 Å². The maximum absolute atomic E-state index is 14.9. The molecule has 1 aliphatic rings. The SMILES string of the molecule is CCCCOc1ccc(OCC2CCC(c3ccc(CCC)cc3)C(F)(F)C2)c(F)c1F.